The lowest BCUT2D eigenvalue weighted by Gasteiger charge is -2.06. The van der Waals surface area contributed by atoms with Crippen LogP contribution in [0.4, 0.5) is 0 Å². The molecule has 0 aliphatic rings. The summed E-state index contributed by atoms with van der Waals surface area (Å²) in [7, 11) is 0. The summed E-state index contributed by atoms with van der Waals surface area (Å²) in [5.41, 5.74) is 2.17. The Hall–Kier alpha value is -2.40. The van der Waals surface area contributed by atoms with Crippen molar-refractivity contribution in [3.8, 4) is 6.07 Å². The lowest BCUT2D eigenvalue weighted by atomic mass is 9.96. The van der Waals surface area contributed by atoms with Gasteiger partial charge in [0.15, 0.2) is 5.78 Å². The fourth-order valence-corrected chi connectivity index (χ4v) is 1.78. The summed E-state index contributed by atoms with van der Waals surface area (Å²) in [5, 5.41) is 8.90. The quantitative estimate of drug-likeness (QED) is 0.763. The topological polar surface area (TPSA) is 40.9 Å². The van der Waals surface area contributed by atoms with E-state index in [0.717, 1.165) is 5.56 Å². The van der Waals surface area contributed by atoms with Gasteiger partial charge in [-0.15, -0.1) is 0 Å². The maximum Gasteiger partial charge on any atom is 0.193 e. The lowest BCUT2D eigenvalue weighted by molar-refractivity contribution is 0.103. The fourth-order valence-electron chi connectivity index (χ4n) is 1.78. The molecule has 0 aliphatic carbocycles. The molecule has 2 heteroatoms. The number of carbonyl (C=O) groups excluding carboxylic acids is 1. The van der Waals surface area contributed by atoms with E-state index in [-0.39, 0.29) is 11.7 Å². The summed E-state index contributed by atoms with van der Waals surface area (Å²) in [4.78, 5) is 12.2. The summed E-state index contributed by atoms with van der Waals surface area (Å²) < 4.78 is 0. The second kappa shape index (κ2) is 5.29. The molecule has 0 saturated heterocycles. The van der Waals surface area contributed by atoms with Gasteiger partial charge in [-0.1, -0.05) is 48.5 Å². The van der Waals surface area contributed by atoms with Crippen LogP contribution in [0.3, 0.4) is 0 Å². The standard InChI is InChI=1S/C16H13NO/c1-12(11-17)14-8-5-9-15(10-14)16(18)13-6-3-2-4-7-13/h2-10,12H,1H3. The van der Waals surface area contributed by atoms with E-state index in [2.05, 4.69) is 6.07 Å². The molecule has 0 aliphatic heterocycles. The molecule has 2 nitrogen and oxygen atoms in total. The van der Waals surface area contributed by atoms with Crippen molar-refractivity contribution >= 4 is 5.78 Å². The van der Waals surface area contributed by atoms with Gasteiger partial charge in [0, 0.05) is 11.1 Å². The van der Waals surface area contributed by atoms with Crippen LogP contribution in [0, 0.1) is 11.3 Å². The largest absolute Gasteiger partial charge is 0.289 e. The van der Waals surface area contributed by atoms with Crippen molar-refractivity contribution in [2.24, 2.45) is 0 Å². The van der Waals surface area contributed by atoms with Crippen molar-refractivity contribution in [2.45, 2.75) is 12.8 Å². The number of hydrogen-bond donors (Lipinski definition) is 0. The fraction of sp³-hybridized carbons (Fsp3) is 0.125. The van der Waals surface area contributed by atoms with Gasteiger partial charge in [-0.3, -0.25) is 4.79 Å². The molecule has 2 rings (SSSR count). The predicted molar refractivity (Wildman–Crippen MR) is 70.3 cm³/mol. The number of benzene rings is 2. The second-order valence-electron chi connectivity index (χ2n) is 4.17. The third kappa shape index (κ3) is 2.46. The zero-order chi connectivity index (χ0) is 13.0. The van der Waals surface area contributed by atoms with E-state index in [9.17, 15) is 4.79 Å². The van der Waals surface area contributed by atoms with Crippen molar-refractivity contribution in [3.05, 3.63) is 71.3 Å². The van der Waals surface area contributed by atoms with Gasteiger partial charge in [0.05, 0.1) is 12.0 Å². The maximum absolute atomic E-state index is 12.2. The van der Waals surface area contributed by atoms with Crippen LogP contribution in [0.25, 0.3) is 0 Å². The third-order valence-corrected chi connectivity index (χ3v) is 2.88. The summed E-state index contributed by atoms with van der Waals surface area (Å²) in [6.07, 6.45) is 0. The Bertz CT molecular complexity index is 596. The molecule has 1 unspecified atom stereocenters. The molecule has 0 bridgehead atoms. The first-order chi connectivity index (χ1) is 8.72. The van der Waals surface area contributed by atoms with E-state index >= 15 is 0 Å². The highest BCUT2D eigenvalue weighted by Crippen LogP contribution is 2.17. The zero-order valence-electron chi connectivity index (χ0n) is 10.1. The van der Waals surface area contributed by atoms with Gasteiger partial charge in [-0.25, -0.2) is 0 Å². The molecule has 88 valence electrons. The van der Waals surface area contributed by atoms with Crippen LogP contribution in [-0.2, 0) is 0 Å². The van der Waals surface area contributed by atoms with Gasteiger partial charge in [0.1, 0.15) is 0 Å². The zero-order valence-corrected chi connectivity index (χ0v) is 10.1. The molecule has 1 atom stereocenters. The molecule has 2 aromatic rings. The van der Waals surface area contributed by atoms with Crippen LogP contribution < -0.4 is 0 Å². The van der Waals surface area contributed by atoms with E-state index in [1.54, 1.807) is 24.3 Å². The predicted octanol–water partition coefficient (Wildman–Crippen LogP) is 3.54. The molecule has 2 aromatic carbocycles. The Morgan fingerprint density at radius 1 is 1.06 bits per heavy atom. The van der Waals surface area contributed by atoms with Gasteiger partial charge in [0.25, 0.3) is 0 Å². The van der Waals surface area contributed by atoms with Crippen molar-refractivity contribution in [2.75, 3.05) is 0 Å². The Morgan fingerprint density at radius 2 is 1.72 bits per heavy atom. The number of ketones is 1. The number of nitrogens with zero attached hydrogens (tertiary/aromatic N) is 1. The van der Waals surface area contributed by atoms with Gasteiger partial charge < -0.3 is 0 Å². The van der Waals surface area contributed by atoms with Crippen LogP contribution in [-0.4, -0.2) is 5.78 Å². The van der Waals surface area contributed by atoms with Crippen molar-refractivity contribution in [1.82, 2.24) is 0 Å². The molecule has 0 amide bonds. The highest BCUT2D eigenvalue weighted by Gasteiger charge is 2.11. The molecule has 0 spiro atoms. The molecule has 18 heavy (non-hydrogen) atoms. The minimum Gasteiger partial charge on any atom is -0.289 e. The number of hydrogen-bond acceptors (Lipinski definition) is 2. The molecule has 0 fully saturated rings. The van der Waals surface area contributed by atoms with E-state index in [0.29, 0.717) is 11.1 Å². The average Bonchev–Trinajstić information content (AvgIpc) is 2.46. The monoisotopic (exact) mass is 235 g/mol. The van der Waals surface area contributed by atoms with Gasteiger partial charge in [-0.2, -0.15) is 5.26 Å². The van der Waals surface area contributed by atoms with Crippen LogP contribution in [0.5, 0.6) is 0 Å². The molecule has 0 saturated carbocycles. The molecular weight excluding hydrogens is 222 g/mol. The molecule has 0 N–H and O–H groups in total. The van der Waals surface area contributed by atoms with E-state index in [4.69, 9.17) is 5.26 Å². The van der Waals surface area contributed by atoms with Gasteiger partial charge in [-0.05, 0) is 18.6 Å². The molecular formula is C16H13NO. The van der Waals surface area contributed by atoms with Crippen molar-refractivity contribution in [1.29, 1.82) is 5.26 Å². The first-order valence-corrected chi connectivity index (χ1v) is 5.81. The van der Waals surface area contributed by atoms with E-state index in [1.165, 1.54) is 0 Å². The second-order valence-corrected chi connectivity index (χ2v) is 4.17. The van der Waals surface area contributed by atoms with Crippen LogP contribution in [0.15, 0.2) is 54.6 Å². The Labute approximate surface area is 107 Å². The van der Waals surface area contributed by atoms with Crippen molar-refractivity contribution in [3.63, 3.8) is 0 Å². The highest BCUT2D eigenvalue weighted by atomic mass is 16.1. The Kier molecular flexibility index (Phi) is 3.54. The van der Waals surface area contributed by atoms with Crippen molar-refractivity contribution < 1.29 is 4.79 Å². The summed E-state index contributed by atoms with van der Waals surface area (Å²) >= 11 is 0. The number of carbonyl (C=O) groups is 1. The maximum atomic E-state index is 12.2. The minimum absolute atomic E-state index is 0.0115. The lowest BCUT2D eigenvalue weighted by Crippen LogP contribution is -2.02. The molecule has 0 heterocycles. The Balaban J connectivity index is 2.35. The van der Waals surface area contributed by atoms with Crippen LogP contribution in [0.1, 0.15) is 34.3 Å². The highest BCUT2D eigenvalue weighted by molar-refractivity contribution is 6.09. The molecule has 0 aromatic heterocycles. The average molecular weight is 235 g/mol. The minimum atomic E-state index is -0.200. The third-order valence-electron chi connectivity index (χ3n) is 2.88. The normalized spacial score (nSPS) is 11.6. The van der Waals surface area contributed by atoms with E-state index in [1.807, 2.05) is 37.3 Å². The Morgan fingerprint density at radius 3 is 2.39 bits per heavy atom. The number of nitriles is 1. The van der Waals surface area contributed by atoms with Gasteiger partial charge in [0.2, 0.25) is 0 Å². The molecule has 0 radical (unpaired) electrons. The van der Waals surface area contributed by atoms with Crippen LogP contribution >= 0.6 is 0 Å². The summed E-state index contributed by atoms with van der Waals surface area (Å²) in [5.74, 6) is -0.212. The van der Waals surface area contributed by atoms with Gasteiger partial charge >= 0.3 is 0 Å². The first-order valence-electron chi connectivity index (χ1n) is 5.81. The smallest absolute Gasteiger partial charge is 0.193 e. The first kappa shape index (κ1) is 12.1. The number of rotatable bonds is 3. The van der Waals surface area contributed by atoms with Crippen LogP contribution in [0.2, 0.25) is 0 Å². The summed E-state index contributed by atoms with van der Waals surface area (Å²) in [6, 6.07) is 18.6. The van der Waals surface area contributed by atoms with E-state index < -0.39 is 0 Å². The SMILES string of the molecule is CC(C#N)c1cccc(C(=O)c2ccccc2)c1. The summed E-state index contributed by atoms with van der Waals surface area (Å²) in [6.45, 7) is 1.83.